The lowest BCUT2D eigenvalue weighted by atomic mass is 10.1. The lowest BCUT2D eigenvalue weighted by molar-refractivity contribution is 0.0755. The van der Waals surface area contributed by atoms with Gasteiger partial charge in [0.25, 0.3) is 5.91 Å². The average molecular weight is 264 g/mol. The van der Waals surface area contributed by atoms with Gasteiger partial charge in [0.15, 0.2) is 0 Å². The summed E-state index contributed by atoms with van der Waals surface area (Å²) in [6.07, 6.45) is 1.91. The molecular formula is C15H24N2O2. The highest BCUT2D eigenvalue weighted by Gasteiger charge is 2.15. The van der Waals surface area contributed by atoms with E-state index in [1.165, 1.54) is 0 Å². The number of rotatable bonds is 7. The van der Waals surface area contributed by atoms with E-state index in [4.69, 9.17) is 10.5 Å². The number of nitrogens with two attached hydrogens (primary N) is 1. The summed E-state index contributed by atoms with van der Waals surface area (Å²) in [4.78, 5) is 14.2. The number of hydrogen-bond donors (Lipinski definition) is 1. The fraction of sp³-hybridized carbons (Fsp3) is 0.533. The Labute approximate surface area is 115 Å². The van der Waals surface area contributed by atoms with Crippen LogP contribution in [0.15, 0.2) is 18.2 Å². The van der Waals surface area contributed by atoms with Crippen LogP contribution < -0.4 is 10.5 Å². The second-order valence-corrected chi connectivity index (χ2v) is 4.48. The van der Waals surface area contributed by atoms with E-state index in [1.807, 2.05) is 11.8 Å². The van der Waals surface area contributed by atoms with Crippen molar-refractivity contribution in [3.05, 3.63) is 23.8 Å². The van der Waals surface area contributed by atoms with E-state index in [0.717, 1.165) is 25.9 Å². The molecule has 4 heteroatoms. The van der Waals surface area contributed by atoms with Crippen molar-refractivity contribution in [2.24, 2.45) is 0 Å². The van der Waals surface area contributed by atoms with Gasteiger partial charge in [-0.1, -0.05) is 13.8 Å². The van der Waals surface area contributed by atoms with Gasteiger partial charge in [-0.25, -0.2) is 0 Å². The van der Waals surface area contributed by atoms with Gasteiger partial charge in [-0.05, 0) is 38.0 Å². The molecule has 106 valence electrons. The normalized spacial score (nSPS) is 10.3. The number of anilines is 1. The van der Waals surface area contributed by atoms with Crippen molar-refractivity contribution in [3.8, 4) is 5.75 Å². The molecule has 4 nitrogen and oxygen atoms in total. The third kappa shape index (κ3) is 4.16. The van der Waals surface area contributed by atoms with Crippen molar-refractivity contribution < 1.29 is 9.53 Å². The summed E-state index contributed by atoms with van der Waals surface area (Å²) < 4.78 is 5.38. The smallest absolute Gasteiger partial charge is 0.253 e. The number of nitrogens with zero attached hydrogens (tertiary/aromatic N) is 1. The number of amides is 1. The molecule has 2 N–H and O–H groups in total. The van der Waals surface area contributed by atoms with Gasteiger partial charge in [0, 0.05) is 18.7 Å². The van der Waals surface area contributed by atoms with Crippen molar-refractivity contribution in [1.29, 1.82) is 0 Å². The van der Waals surface area contributed by atoms with Crippen molar-refractivity contribution >= 4 is 11.6 Å². The second kappa shape index (κ2) is 7.67. The third-order valence-corrected chi connectivity index (χ3v) is 2.83. The van der Waals surface area contributed by atoms with Crippen molar-refractivity contribution in [2.45, 2.75) is 33.6 Å². The Morgan fingerprint density at radius 1 is 1.21 bits per heavy atom. The molecule has 1 rings (SSSR count). The van der Waals surface area contributed by atoms with Crippen LogP contribution in [-0.2, 0) is 0 Å². The molecule has 0 fully saturated rings. The number of hydrogen-bond acceptors (Lipinski definition) is 3. The van der Waals surface area contributed by atoms with Crippen LogP contribution >= 0.6 is 0 Å². The Bertz CT molecular complexity index is 413. The zero-order chi connectivity index (χ0) is 14.3. The summed E-state index contributed by atoms with van der Waals surface area (Å²) in [5.74, 6) is 0.676. The highest BCUT2D eigenvalue weighted by atomic mass is 16.5. The first-order valence-corrected chi connectivity index (χ1v) is 6.95. The van der Waals surface area contributed by atoms with Crippen LogP contribution in [0.2, 0.25) is 0 Å². The Hall–Kier alpha value is -1.71. The summed E-state index contributed by atoms with van der Waals surface area (Å²) in [5.41, 5.74) is 7.04. The van der Waals surface area contributed by atoms with Crippen molar-refractivity contribution in [2.75, 3.05) is 25.4 Å². The van der Waals surface area contributed by atoms with Crippen LogP contribution in [-0.4, -0.2) is 30.5 Å². The van der Waals surface area contributed by atoms with Crippen molar-refractivity contribution in [3.63, 3.8) is 0 Å². The maximum absolute atomic E-state index is 12.4. The number of nitrogen functional groups attached to an aromatic ring is 1. The fourth-order valence-electron chi connectivity index (χ4n) is 2.01. The van der Waals surface area contributed by atoms with Gasteiger partial charge in [0.05, 0.1) is 12.3 Å². The molecule has 0 saturated carbocycles. The molecule has 0 aliphatic carbocycles. The predicted octanol–water partition coefficient (Wildman–Crippen LogP) is 2.93. The molecular weight excluding hydrogens is 240 g/mol. The predicted molar refractivity (Wildman–Crippen MR) is 78.5 cm³/mol. The van der Waals surface area contributed by atoms with Crippen LogP contribution in [0.4, 0.5) is 5.69 Å². The lowest BCUT2D eigenvalue weighted by Crippen LogP contribution is -2.32. The highest BCUT2D eigenvalue weighted by molar-refractivity contribution is 5.95. The van der Waals surface area contributed by atoms with Gasteiger partial charge in [-0.3, -0.25) is 4.79 Å². The van der Waals surface area contributed by atoms with E-state index >= 15 is 0 Å². The molecule has 19 heavy (non-hydrogen) atoms. The van der Waals surface area contributed by atoms with Crippen LogP contribution in [0, 0.1) is 0 Å². The number of carbonyl (C=O) groups excluding carboxylic acids is 1. The molecule has 0 aliphatic heterocycles. The first-order valence-electron chi connectivity index (χ1n) is 6.95. The molecule has 0 spiro atoms. The van der Waals surface area contributed by atoms with E-state index in [0.29, 0.717) is 23.6 Å². The minimum atomic E-state index is 0.0402. The quantitative estimate of drug-likeness (QED) is 0.770. The first kappa shape index (κ1) is 15.3. The topological polar surface area (TPSA) is 55.6 Å². The molecule has 0 radical (unpaired) electrons. The Kier molecular flexibility index (Phi) is 6.19. The standard InChI is InChI=1S/C15H24N2O2/c1-4-9-17(10-5-2)15(18)12-7-8-14(19-6-3)13(16)11-12/h7-8,11H,4-6,9-10,16H2,1-3H3. The number of benzene rings is 1. The summed E-state index contributed by atoms with van der Waals surface area (Å²) in [7, 11) is 0. The zero-order valence-electron chi connectivity index (χ0n) is 12.1. The summed E-state index contributed by atoms with van der Waals surface area (Å²) in [6, 6.07) is 5.25. The highest BCUT2D eigenvalue weighted by Crippen LogP contribution is 2.23. The monoisotopic (exact) mass is 264 g/mol. The number of carbonyl (C=O) groups is 1. The largest absolute Gasteiger partial charge is 0.492 e. The van der Waals surface area contributed by atoms with Crippen LogP contribution in [0.3, 0.4) is 0 Å². The minimum Gasteiger partial charge on any atom is -0.492 e. The minimum absolute atomic E-state index is 0.0402. The molecule has 1 amide bonds. The summed E-state index contributed by atoms with van der Waals surface area (Å²) >= 11 is 0. The molecule has 0 aliphatic rings. The van der Waals surface area contributed by atoms with Crippen LogP contribution in [0.5, 0.6) is 5.75 Å². The summed E-state index contributed by atoms with van der Waals surface area (Å²) in [6.45, 7) is 8.17. The van der Waals surface area contributed by atoms with E-state index < -0.39 is 0 Å². The van der Waals surface area contributed by atoms with E-state index in [1.54, 1.807) is 18.2 Å². The maximum atomic E-state index is 12.4. The molecule has 0 saturated heterocycles. The average Bonchev–Trinajstić information content (AvgIpc) is 2.40. The molecule has 1 aromatic rings. The van der Waals surface area contributed by atoms with Crippen LogP contribution in [0.1, 0.15) is 44.0 Å². The SMILES string of the molecule is CCCN(CCC)C(=O)c1ccc(OCC)c(N)c1. The molecule has 0 unspecified atom stereocenters. The van der Waals surface area contributed by atoms with Crippen LogP contribution in [0.25, 0.3) is 0 Å². The fourth-order valence-corrected chi connectivity index (χ4v) is 2.01. The zero-order valence-corrected chi connectivity index (χ0v) is 12.1. The molecule has 0 heterocycles. The van der Waals surface area contributed by atoms with Gasteiger partial charge >= 0.3 is 0 Å². The summed E-state index contributed by atoms with van der Waals surface area (Å²) in [5, 5.41) is 0. The van der Waals surface area contributed by atoms with Gasteiger partial charge in [0.1, 0.15) is 5.75 Å². The Balaban J connectivity index is 2.88. The molecule has 1 aromatic carbocycles. The van der Waals surface area contributed by atoms with E-state index in [-0.39, 0.29) is 5.91 Å². The third-order valence-electron chi connectivity index (χ3n) is 2.83. The van der Waals surface area contributed by atoms with Gasteiger partial charge in [-0.2, -0.15) is 0 Å². The Morgan fingerprint density at radius 3 is 2.32 bits per heavy atom. The van der Waals surface area contributed by atoms with Crippen molar-refractivity contribution in [1.82, 2.24) is 4.90 Å². The van der Waals surface area contributed by atoms with E-state index in [9.17, 15) is 4.79 Å². The second-order valence-electron chi connectivity index (χ2n) is 4.48. The molecule has 0 atom stereocenters. The lowest BCUT2D eigenvalue weighted by Gasteiger charge is -2.21. The maximum Gasteiger partial charge on any atom is 0.253 e. The van der Waals surface area contributed by atoms with Gasteiger partial charge in [-0.15, -0.1) is 0 Å². The molecule has 0 bridgehead atoms. The molecule has 0 aromatic heterocycles. The van der Waals surface area contributed by atoms with Gasteiger partial charge < -0.3 is 15.4 Å². The number of ether oxygens (including phenoxy) is 1. The first-order chi connectivity index (χ1) is 9.13. The Morgan fingerprint density at radius 2 is 1.84 bits per heavy atom. The van der Waals surface area contributed by atoms with Gasteiger partial charge in [0.2, 0.25) is 0 Å². The van der Waals surface area contributed by atoms with E-state index in [2.05, 4.69) is 13.8 Å².